The van der Waals surface area contributed by atoms with Crippen molar-refractivity contribution >= 4 is 0 Å². The van der Waals surface area contributed by atoms with E-state index in [0.29, 0.717) is 0 Å². The van der Waals surface area contributed by atoms with Crippen molar-refractivity contribution in [3.8, 4) is 0 Å². The van der Waals surface area contributed by atoms with E-state index in [1.54, 1.807) is 41.5 Å². The van der Waals surface area contributed by atoms with Crippen molar-refractivity contribution in [3.05, 3.63) is 0 Å². The molecule has 0 bridgehead atoms. The zero-order valence-electron chi connectivity index (χ0n) is 8.39. The Morgan fingerprint density at radius 2 is 0.636 bits per heavy atom. The van der Waals surface area contributed by atoms with E-state index in [1.807, 2.05) is 0 Å². The van der Waals surface area contributed by atoms with E-state index in [9.17, 15) is 0 Å². The fraction of sp³-hybridized carbons (Fsp3) is 1.00. The smallest absolute Gasteiger partial charge is 0.0563 e. The van der Waals surface area contributed by atoms with Gasteiger partial charge >= 0.3 is 0 Å². The third kappa shape index (κ3) is 1970. The van der Waals surface area contributed by atoms with Crippen LogP contribution >= 0.6 is 0 Å². The van der Waals surface area contributed by atoms with Crippen LogP contribution in [-0.2, 0) is 21.7 Å². The molecule has 2 N–H and O–H groups in total. The topological polar surface area (TPSA) is 40.5 Å². The van der Waals surface area contributed by atoms with E-state index in [0.717, 1.165) is 0 Å². The van der Waals surface area contributed by atoms with Crippen LogP contribution in [0.5, 0.6) is 0 Å². The first kappa shape index (κ1) is 17.6. The van der Waals surface area contributed by atoms with Gasteiger partial charge in [0, 0.05) is 21.7 Å². The molecule has 0 aromatic heterocycles. The van der Waals surface area contributed by atoms with Gasteiger partial charge in [0.25, 0.3) is 0 Å². The predicted octanol–water partition coefficient (Wildman–Crippen LogP) is 1.55. The van der Waals surface area contributed by atoms with Crippen molar-refractivity contribution in [3.63, 3.8) is 0 Å². The third-order valence-corrected chi connectivity index (χ3v) is 0. The molecule has 0 unspecified atom stereocenters. The second kappa shape index (κ2) is 6.18. The Morgan fingerprint density at radius 1 is 0.636 bits per heavy atom. The second-order valence-corrected chi connectivity index (χ2v) is 4.34. The zero-order valence-corrected chi connectivity index (χ0v) is 9.96. The van der Waals surface area contributed by atoms with Crippen molar-refractivity contribution in [2.75, 3.05) is 0 Å². The van der Waals surface area contributed by atoms with Gasteiger partial charge in [-0.05, 0) is 41.5 Å². The van der Waals surface area contributed by atoms with E-state index in [2.05, 4.69) is 0 Å². The minimum atomic E-state index is -0.500. The van der Waals surface area contributed by atoms with Gasteiger partial charge < -0.3 is 10.2 Å². The van der Waals surface area contributed by atoms with Crippen LogP contribution in [0.3, 0.4) is 0 Å². The monoisotopic (exact) mass is 196 g/mol. The molecule has 0 aliphatic heterocycles. The normalized spacial score (nSPS) is 10.9. The third-order valence-electron chi connectivity index (χ3n) is 0. The van der Waals surface area contributed by atoms with Crippen LogP contribution in [-0.4, -0.2) is 21.4 Å². The molecule has 0 amide bonds. The summed E-state index contributed by atoms with van der Waals surface area (Å²) in [4.78, 5) is 0. The van der Waals surface area contributed by atoms with Gasteiger partial charge in [0.15, 0.2) is 0 Å². The van der Waals surface area contributed by atoms with Gasteiger partial charge in [0.2, 0.25) is 0 Å². The van der Waals surface area contributed by atoms with E-state index in [4.69, 9.17) is 10.2 Å². The molecule has 0 aromatic rings. The van der Waals surface area contributed by atoms with Gasteiger partial charge in [-0.3, -0.25) is 0 Å². The molecular formula is C8H20O2Ti. The Bertz CT molecular complexity index is 55.1. The van der Waals surface area contributed by atoms with Gasteiger partial charge in [-0.15, -0.1) is 0 Å². The predicted molar refractivity (Wildman–Crippen MR) is 43.9 cm³/mol. The number of rotatable bonds is 0. The Hall–Kier alpha value is 0.634. The van der Waals surface area contributed by atoms with Gasteiger partial charge in [0.05, 0.1) is 11.2 Å². The van der Waals surface area contributed by atoms with Crippen LogP contribution in [0.4, 0.5) is 0 Å². The Labute approximate surface area is 84.9 Å². The molecule has 0 rings (SSSR count). The average molecular weight is 196 g/mol. The summed E-state index contributed by atoms with van der Waals surface area (Å²) in [5.74, 6) is 0. The molecule has 0 atom stereocenters. The SMILES string of the molecule is CC(C)(C)O.CC(C)(C)O.[Ti]. The standard InChI is InChI=1S/2C4H10O.Ti/c2*1-4(2,3)5;/h2*5H,1-3H3;. The summed E-state index contributed by atoms with van der Waals surface area (Å²) in [6.45, 7) is 10.5. The quantitative estimate of drug-likeness (QED) is 0.577. The number of hydrogen-bond acceptors (Lipinski definition) is 2. The Balaban J connectivity index is -0.000000107. The molecule has 0 aliphatic rings. The minimum Gasteiger partial charge on any atom is -0.391 e. The first-order chi connectivity index (χ1) is 4.00. The Kier molecular flexibility index (Phi) is 9.92. The van der Waals surface area contributed by atoms with Crippen LogP contribution in [0.2, 0.25) is 0 Å². The van der Waals surface area contributed by atoms with Crippen LogP contribution in [0.1, 0.15) is 41.5 Å². The maximum absolute atomic E-state index is 8.52. The molecule has 2 nitrogen and oxygen atoms in total. The van der Waals surface area contributed by atoms with Gasteiger partial charge in [0.1, 0.15) is 0 Å². The van der Waals surface area contributed by atoms with Gasteiger partial charge in [-0.1, -0.05) is 0 Å². The molecule has 0 saturated heterocycles. The van der Waals surface area contributed by atoms with Crippen LogP contribution in [0.15, 0.2) is 0 Å². The fourth-order valence-electron chi connectivity index (χ4n) is 0. The maximum atomic E-state index is 8.52. The molecule has 0 spiro atoms. The average Bonchev–Trinajstić information content (AvgIpc) is 1.12. The van der Waals surface area contributed by atoms with Crippen LogP contribution < -0.4 is 0 Å². The van der Waals surface area contributed by atoms with Gasteiger partial charge in [-0.2, -0.15) is 0 Å². The van der Waals surface area contributed by atoms with Crippen molar-refractivity contribution in [1.82, 2.24) is 0 Å². The Morgan fingerprint density at radius 3 is 0.636 bits per heavy atom. The van der Waals surface area contributed by atoms with E-state index < -0.39 is 11.2 Å². The molecule has 0 heterocycles. The van der Waals surface area contributed by atoms with E-state index in [-0.39, 0.29) is 21.7 Å². The van der Waals surface area contributed by atoms with Crippen molar-refractivity contribution in [1.29, 1.82) is 0 Å². The summed E-state index contributed by atoms with van der Waals surface area (Å²) in [7, 11) is 0. The molecule has 3 heteroatoms. The first-order valence-corrected chi connectivity index (χ1v) is 3.45. The summed E-state index contributed by atoms with van der Waals surface area (Å²) in [5.41, 5.74) is -1.00. The summed E-state index contributed by atoms with van der Waals surface area (Å²) in [6, 6.07) is 0. The molecule has 0 aromatic carbocycles. The summed E-state index contributed by atoms with van der Waals surface area (Å²) < 4.78 is 0. The molecule has 0 radical (unpaired) electrons. The van der Waals surface area contributed by atoms with Crippen molar-refractivity contribution in [2.45, 2.75) is 52.7 Å². The zero-order chi connectivity index (χ0) is 9.00. The van der Waals surface area contributed by atoms with Crippen molar-refractivity contribution < 1.29 is 31.9 Å². The fourth-order valence-corrected chi connectivity index (χ4v) is 0. The minimum absolute atomic E-state index is 0. The molecule has 0 fully saturated rings. The van der Waals surface area contributed by atoms with E-state index in [1.165, 1.54) is 0 Å². The first-order valence-electron chi connectivity index (χ1n) is 3.45. The molecular weight excluding hydrogens is 176 g/mol. The molecule has 0 saturated carbocycles. The largest absolute Gasteiger partial charge is 0.391 e. The summed E-state index contributed by atoms with van der Waals surface area (Å²) in [5, 5.41) is 17.0. The molecule has 68 valence electrons. The number of aliphatic hydroxyl groups is 2. The maximum Gasteiger partial charge on any atom is 0.0563 e. The molecule has 0 aliphatic carbocycles. The van der Waals surface area contributed by atoms with Crippen molar-refractivity contribution in [2.24, 2.45) is 0 Å². The molecule has 11 heavy (non-hydrogen) atoms. The van der Waals surface area contributed by atoms with Crippen LogP contribution in [0.25, 0.3) is 0 Å². The number of hydrogen-bond donors (Lipinski definition) is 2. The summed E-state index contributed by atoms with van der Waals surface area (Å²) >= 11 is 0. The van der Waals surface area contributed by atoms with Crippen LogP contribution in [0, 0.1) is 0 Å². The van der Waals surface area contributed by atoms with E-state index >= 15 is 0 Å². The summed E-state index contributed by atoms with van der Waals surface area (Å²) in [6.07, 6.45) is 0. The second-order valence-electron chi connectivity index (χ2n) is 4.34. The van der Waals surface area contributed by atoms with Gasteiger partial charge in [-0.25, -0.2) is 0 Å².